The van der Waals surface area contributed by atoms with Crippen molar-refractivity contribution < 1.29 is 4.79 Å². The van der Waals surface area contributed by atoms with Gasteiger partial charge in [-0.3, -0.25) is 4.79 Å². The van der Waals surface area contributed by atoms with Crippen LogP contribution in [0, 0.1) is 13.8 Å². The molecular formula is C10H17NOSi. The molecule has 0 aliphatic rings. The van der Waals surface area contributed by atoms with E-state index < -0.39 is 0 Å². The van der Waals surface area contributed by atoms with Gasteiger partial charge in [-0.05, 0) is 13.8 Å². The van der Waals surface area contributed by atoms with E-state index in [2.05, 4.69) is 43.9 Å². The number of aryl methyl sites for hydroxylation is 2. The number of primary amides is 1. The summed E-state index contributed by atoms with van der Waals surface area (Å²) in [6, 6.07) is 4.36. The maximum absolute atomic E-state index is 9.22. The van der Waals surface area contributed by atoms with E-state index in [4.69, 9.17) is 0 Å². The average molecular weight is 195 g/mol. The molecule has 1 amide bonds. The minimum absolute atomic E-state index is 0.252. The van der Waals surface area contributed by atoms with Crippen LogP contribution in [-0.2, 0) is 11.3 Å². The maximum Gasteiger partial charge on any atom is 0.214 e. The number of hydrogen-bond donors (Lipinski definition) is 1. The number of carbonyl (C=O) groups excluding carboxylic acids is 1. The van der Waals surface area contributed by atoms with Gasteiger partial charge < -0.3 is 5.73 Å². The molecular weight excluding hydrogens is 178 g/mol. The Morgan fingerprint density at radius 3 is 2.23 bits per heavy atom. The predicted molar refractivity (Wildman–Crippen MR) is 57.7 cm³/mol. The standard InChI is InChI=1S/C8H12Si.C2H5NO/c1-7-5-4-6-9(3)8(7)2;1-2(3)4/h4-6H,1-3H3;1H3,(H2,3,4). The highest BCUT2D eigenvalue weighted by Gasteiger charge is 1.92. The van der Waals surface area contributed by atoms with Gasteiger partial charge in [0.2, 0.25) is 5.91 Å². The Kier molecular flexibility index (Phi) is 5.22. The van der Waals surface area contributed by atoms with Crippen LogP contribution in [0.1, 0.15) is 17.7 Å². The molecule has 0 unspecified atom stereocenters. The summed E-state index contributed by atoms with van der Waals surface area (Å²) in [7, 11) is -0.252. The molecule has 0 saturated carbocycles. The molecule has 3 heteroatoms. The van der Waals surface area contributed by atoms with Crippen LogP contribution in [0.25, 0.3) is 0 Å². The third kappa shape index (κ3) is 5.30. The molecule has 0 bridgehead atoms. The smallest absolute Gasteiger partial charge is 0.214 e. The van der Waals surface area contributed by atoms with E-state index in [1.807, 2.05) is 0 Å². The van der Waals surface area contributed by atoms with Crippen molar-refractivity contribution in [1.82, 2.24) is 0 Å². The van der Waals surface area contributed by atoms with Gasteiger partial charge in [0.15, 0.2) is 0 Å². The third-order valence-electron chi connectivity index (χ3n) is 1.88. The molecule has 1 heterocycles. The van der Waals surface area contributed by atoms with Gasteiger partial charge >= 0.3 is 0 Å². The summed E-state index contributed by atoms with van der Waals surface area (Å²) in [5.74, 6) is -0.333. The fourth-order valence-electron chi connectivity index (χ4n) is 0.898. The largest absolute Gasteiger partial charge is 0.370 e. The second-order valence-corrected chi connectivity index (χ2v) is 5.58. The highest BCUT2D eigenvalue weighted by molar-refractivity contribution is 6.50. The molecule has 0 radical (unpaired) electrons. The SMILES string of the molecule is CC(N)=O.Cc1ccc[si](C)c1C. The Balaban J connectivity index is 0.000000310. The molecule has 2 nitrogen and oxygen atoms in total. The minimum Gasteiger partial charge on any atom is -0.370 e. The van der Waals surface area contributed by atoms with E-state index in [9.17, 15) is 4.79 Å². The van der Waals surface area contributed by atoms with E-state index in [1.165, 1.54) is 12.5 Å². The zero-order valence-electron chi connectivity index (χ0n) is 8.72. The molecule has 0 spiro atoms. The van der Waals surface area contributed by atoms with Crippen molar-refractivity contribution in [2.45, 2.75) is 20.8 Å². The summed E-state index contributed by atoms with van der Waals surface area (Å²) in [6.45, 7) is 8.06. The zero-order chi connectivity index (χ0) is 10.4. The van der Waals surface area contributed by atoms with E-state index in [0.29, 0.717) is 0 Å². The van der Waals surface area contributed by atoms with Crippen LogP contribution < -0.4 is 5.73 Å². The molecule has 0 saturated heterocycles. The quantitative estimate of drug-likeness (QED) is 0.624. The normalized spacial score (nSPS) is 8.62. The molecule has 1 aromatic rings. The van der Waals surface area contributed by atoms with Gasteiger partial charge in [-0.2, -0.15) is 0 Å². The van der Waals surface area contributed by atoms with Crippen molar-refractivity contribution in [2.24, 2.45) is 12.3 Å². The Labute approximate surface area is 81.3 Å². The lowest BCUT2D eigenvalue weighted by Gasteiger charge is -2.00. The molecule has 2 N–H and O–H groups in total. The van der Waals surface area contributed by atoms with Gasteiger partial charge in [0, 0.05) is 15.3 Å². The van der Waals surface area contributed by atoms with Gasteiger partial charge in [-0.15, -0.1) is 0 Å². The Bertz CT molecular complexity index is 273. The van der Waals surface area contributed by atoms with Crippen LogP contribution in [0.2, 0.25) is 0 Å². The first-order chi connectivity index (χ1) is 5.95. The van der Waals surface area contributed by atoms with Gasteiger partial charge in [-0.25, -0.2) is 0 Å². The van der Waals surface area contributed by atoms with Crippen LogP contribution in [-0.4, -0.2) is 14.3 Å². The first-order valence-electron chi connectivity index (χ1n) is 4.24. The molecule has 0 fully saturated rings. The van der Waals surface area contributed by atoms with Crippen LogP contribution in [0.5, 0.6) is 0 Å². The van der Waals surface area contributed by atoms with E-state index in [0.717, 1.165) is 0 Å². The van der Waals surface area contributed by atoms with Crippen LogP contribution in [0.15, 0.2) is 17.8 Å². The monoisotopic (exact) mass is 195 g/mol. The van der Waals surface area contributed by atoms with Crippen molar-refractivity contribution in [1.29, 1.82) is 0 Å². The second kappa shape index (κ2) is 5.64. The zero-order valence-corrected chi connectivity index (χ0v) is 9.72. The molecule has 72 valence electrons. The molecule has 1 aromatic heterocycles. The number of amides is 1. The Morgan fingerprint density at radius 1 is 1.46 bits per heavy atom. The minimum atomic E-state index is -0.333. The second-order valence-electron chi connectivity index (χ2n) is 3.13. The lowest BCUT2D eigenvalue weighted by Crippen LogP contribution is -2.01. The van der Waals surface area contributed by atoms with Crippen molar-refractivity contribution >= 4 is 14.3 Å². The molecule has 0 atom stereocenters. The number of nitrogens with two attached hydrogens (primary N) is 1. The lowest BCUT2D eigenvalue weighted by atomic mass is 10.3. The number of carbonyl (C=O) groups is 1. The van der Waals surface area contributed by atoms with Crippen molar-refractivity contribution in [3.05, 3.63) is 28.5 Å². The van der Waals surface area contributed by atoms with Crippen LogP contribution in [0.3, 0.4) is 0 Å². The van der Waals surface area contributed by atoms with Crippen LogP contribution >= 0.6 is 0 Å². The van der Waals surface area contributed by atoms with Crippen molar-refractivity contribution in [3.63, 3.8) is 0 Å². The summed E-state index contributed by atoms with van der Waals surface area (Å²) in [5.41, 5.74) is 8.27. The predicted octanol–water partition coefficient (Wildman–Crippen LogP) is 1.36. The van der Waals surface area contributed by atoms with Crippen LogP contribution in [0.4, 0.5) is 0 Å². The van der Waals surface area contributed by atoms with Gasteiger partial charge in [0.1, 0.15) is 0 Å². The fourth-order valence-corrected chi connectivity index (χ4v) is 2.24. The average Bonchev–Trinajstić information content (AvgIpc) is 1.99. The molecule has 1 rings (SSSR count). The summed E-state index contributed by atoms with van der Waals surface area (Å²) in [4.78, 5) is 9.22. The number of rotatable bonds is 0. The summed E-state index contributed by atoms with van der Waals surface area (Å²) in [6.07, 6.45) is 0. The third-order valence-corrected chi connectivity index (χ3v) is 4.15. The van der Waals surface area contributed by atoms with Gasteiger partial charge in [0.25, 0.3) is 0 Å². The maximum atomic E-state index is 9.22. The lowest BCUT2D eigenvalue weighted by molar-refractivity contribution is -0.115. The van der Waals surface area contributed by atoms with Crippen molar-refractivity contribution in [3.8, 4) is 0 Å². The van der Waals surface area contributed by atoms with Gasteiger partial charge in [-0.1, -0.05) is 35.1 Å². The topological polar surface area (TPSA) is 43.1 Å². The molecule has 0 aromatic carbocycles. The molecule has 0 aliphatic heterocycles. The van der Waals surface area contributed by atoms with E-state index >= 15 is 0 Å². The molecule has 13 heavy (non-hydrogen) atoms. The van der Waals surface area contributed by atoms with Gasteiger partial charge in [0.05, 0.1) is 0 Å². The highest BCUT2D eigenvalue weighted by Crippen LogP contribution is 2.01. The summed E-state index contributed by atoms with van der Waals surface area (Å²) in [5, 5.41) is 1.60. The number of hydrogen-bond acceptors (Lipinski definition) is 1. The Hall–Kier alpha value is -0.963. The first kappa shape index (κ1) is 12.0. The fraction of sp³-hybridized carbons (Fsp3) is 0.400. The van der Waals surface area contributed by atoms with E-state index in [1.54, 1.807) is 5.17 Å². The summed E-state index contributed by atoms with van der Waals surface area (Å²) >= 11 is 0. The highest BCUT2D eigenvalue weighted by atomic mass is 28.2. The first-order valence-corrected chi connectivity index (χ1v) is 6.31. The summed E-state index contributed by atoms with van der Waals surface area (Å²) < 4.78 is 0. The molecule has 0 aliphatic carbocycles. The van der Waals surface area contributed by atoms with Crippen molar-refractivity contribution in [2.75, 3.05) is 0 Å². The van der Waals surface area contributed by atoms with E-state index in [-0.39, 0.29) is 14.3 Å². The Morgan fingerprint density at radius 2 is 1.92 bits per heavy atom.